The molecule has 1 aromatic heterocycles. The van der Waals surface area contributed by atoms with E-state index in [1.807, 2.05) is 0 Å². The molecular formula is C46H28O. The van der Waals surface area contributed by atoms with E-state index in [1.54, 1.807) is 0 Å². The number of hydrogen-bond donors (Lipinski definition) is 0. The molecule has 218 valence electrons. The van der Waals surface area contributed by atoms with Crippen LogP contribution < -0.4 is 0 Å². The van der Waals surface area contributed by atoms with Gasteiger partial charge in [-0.15, -0.1) is 0 Å². The average molecular weight is 597 g/mol. The molecule has 10 aromatic rings. The van der Waals surface area contributed by atoms with E-state index in [0.29, 0.717) is 0 Å². The molecule has 0 radical (unpaired) electrons. The van der Waals surface area contributed by atoms with Gasteiger partial charge in [0.05, 0.1) is 0 Å². The van der Waals surface area contributed by atoms with Crippen LogP contribution in [0.2, 0.25) is 0 Å². The summed E-state index contributed by atoms with van der Waals surface area (Å²) in [7, 11) is 0. The average Bonchev–Trinajstić information content (AvgIpc) is 3.53. The van der Waals surface area contributed by atoms with Gasteiger partial charge in [0, 0.05) is 10.8 Å². The number of fused-ring (bicyclic) bond motifs is 2. The summed E-state index contributed by atoms with van der Waals surface area (Å²) in [6.07, 6.45) is 0. The summed E-state index contributed by atoms with van der Waals surface area (Å²) >= 11 is 0. The predicted octanol–water partition coefficient (Wildman–Crippen LogP) is 13.2. The highest BCUT2D eigenvalue weighted by molar-refractivity contribution is 6.30. The minimum Gasteiger partial charge on any atom is -0.456 e. The lowest BCUT2D eigenvalue weighted by Gasteiger charge is -2.21. The standard InChI is InChI=1S/C46H28O/c1-3-13-29(14-4-1)32-18-11-19-33(27-32)39-28-41-46-38(26-25-31-17-12-24-40(47-41)43(31)46)45(39)44-36-22-9-7-20-34(36)42(30-15-5-2-6-16-30)35-21-8-10-23-37(35)44/h1-28H. The summed E-state index contributed by atoms with van der Waals surface area (Å²) < 4.78 is 6.63. The molecule has 1 nitrogen and oxygen atoms in total. The fourth-order valence-electron chi connectivity index (χ4n) is 7.82. The van der Waals surface area contributed by atoms with Crippen molar-refractivity contribution in [1.29, 1.82) is 0 Å². The van der Waals surface area contributed by atoms with Crippen LogP contribution in [0.25, 0.3) is 98.8 Å². The van der Waals surface area contributed by atoms with Gasteiger partial charge in [-0.1, -0.05) is 152 Å². The van der Waals surface area contributed by atoms with Crippen molar-refractivity contribution in [2.45, 2.75) is 0 Å². The molecule has 1 heterocycles. The van der Waals surface area contributed by atoms with E-state index in [0.717, 1.165) is 11.2 Å². The van der Waals surface area contributed by atoms with E-state index < -0.39 is 0 Å². The molecule has 10 rings (SSSR count). The van der Waals surface area contributed by atoms with Crippen LogP contribution in [0.15, 0.2) is 174 Å². The molecule has 0 aliphatic rings. The van der Waals surface area contributed by atoms with E-state index >= 15 is 0 Å². The molecular weight excluding hydrogens is 569 g/mol. The highest BCUT2D eigenvalue weighted by Gasteiger charge is 2.24. The minimum absolute atomic E-state index is 0.921. The van der Waals surface area contributed by atoms with E-state index in [2.05, 4.69) is 170 Å². The third-order valence-corrected chi connectivity index (χ3v) is 9.81. The largest absolute Gasteiger partial charge is 0.456 e. The molecule has 0 unspecified atom stereocenters. The highest BCUT2D eigenvalue weighted by Crippen LogP contribution is 2.51. The Morgan fingerprint density at radius 2 is 0.872 bits per heavy atom. The molecule has 0 fully saturated rings. The van der Waals surface area contributed by atoms with Crippen LogP contribution in [0, 0.1) is 0 Å². The maximum atomic E-state index is 6.63. The van der Waals surface area contributed by atoms with Crippen LogP contribution in [0.5, 0.6) is 0 Å². The molecule has 0 atom stereocenters. The Kier molecular flexibility index (Phi) is 5.64. The molecule has 9 aromatic carbocycles. The van der Waals surface area contributed by atoms with Crippen LogP contribution in [-0.4, -0.2) is 0 Å². The topological polar surface area (TPSA) is 13.1 Å². The van der Waals surface area contributed by atoms with Gasteiger partial charge in [-0.2, -0.15) is 0 Å². The van der Waals surface area contributed by atoms with Gasteiger partial charge in [0.25, 0.3) is 0 Å². The van der Waals surface area contributed by atoms with E-state index in [-0.39, 0.29) is 0 Å². The first-order valence-corrected chi connectivity index (χ1v) is 16.2. The lowest BCUT2D eigenvalue weighted by Crippen LogP contribution is -1.94. The number of benzene rings is 9. The predicted molar refractivity (Wildman–Crippen MR) is 199 cm³/mol. The number of rotatable bonds is 4. The summed E-state index contributed by atoms with van der Waals surface area (Å²) in [5, 5.41) is 9.79. The van der Waals surface area contributed by atoms with E-state index in [1.165, 1.54) is 87.6 Å². The number of furan rings is 1. The molecule has 0 saturated carbocycles. The Bertz CT molecular complexity index is 2710. The zero-order chi connectivity index (χ0) is 30.9. The van der Waals surface area contributed by atoms with Crippen LogP contribution >= 0.6 is 0 Å². The first-order valence-electron chi connectivity index (χ1n) is 16.2. The Morgan fingerprint density at radius 3 is 1.57 bits per heavy atom. The molecule has 0 saturated heterocycles. The zero-order valence-corrected chi connectivity index (χ0v) is 25.6. The second-order valence-electron chi connectivity index (χ2n) is 12.4. The van der Waals surface area contributed by atoms with Crippen LogP contribution in [0.1, 0.15) is 0 Å². The van der Waals surface area contributed by atoms with Gasteiger partial charge in [0.15, 0.2) is 0 Å². The van der Waals surface area contributed by atoms with Crippen molar-refractivity contribution in [1.82, 2.24) is 0 Å². The van der Waals surface area contributed by atoms with Crippen molar-refractivity contribution < 1.29 is 4.42 Å². The first kappa shape index (κ1) is 26.1. The maximum Gasteiger partial charge on any atom is 0.136 e. The second-order valence-corrected chi connectivity index (χ2v) is 12.4. The summed E-state index contributed by atoms with van der Waals surface area (Å²) in [5.74, 6) is 0. The zero-order valence-electron chi connectivity index (χ0n) is 25.6. The van der Waals surface area contributed by atoms with Crippen molar-refractivity contribution >= 4 is 54.3 Å². The van der Waals surface area contributed by atoms with Crippen LogP contribution in [0.3, 0.4) is 0 Å². The smallest absolute Gasteiger partial charge is 0.136 e. The summed E-state index contributed by atoms with van der Waals surface area (Å²) in [6, 6.07) is 61.5. The molecule has 0 amide bonds. The lowest BCUT2D eigenvalue weighted by molar-refractivity contribution is 0.669. The first-order chi connectivity index (χ1) is 23.3. The fourth-order valence-corrected chi connectivity index (χ4v) is 7.82. The molecule has 0 spiro atoms. The highest BCUT2D eigenvalue weighted by atomic mass is 16.3. The number of hydrogen-bond acceptors (Lipinski definition) is 1. The molecule has 0 N–H and O–H groups in total. The molecule has 0 bridgehead atoms. The van der Waals surface area contributed by atoms with Crippen molar-refractivity contribution in [2.75, 3.05) is 0 Å². The van der Waals surface area contributed by atoms with Crippen molar-refractivity contribution in [2.24, 2.45) is 0 Å². The third-order valence-electron chi connectivity index (χ3n) is 9.81. The van der Waals surface area contributed by atoms with E-state index in [9.17, 15) is 0 Å². The summed E-state index contributed by atoms with van der Waals surface area (Å²) in [4.78, 5) is 0. The monoisotopic (exact) mass is 596 g/mol. The quantitative estimate of drug-likeness (QED) is 0.145. The van der Waals surface area contributed by atoms with Crippen LogP contribution in [-0.2, 0) is 0 Å². The molecule has 1 heteroatoms. The maximum absolute atomic E-state index is 6.63. The lowest BCUT2D eigenvalue weighted by atomic mass is 9.81. The van der Waals surface area contributed by atoms with Crippen LogP contribution in [0.4, 0.5) is 0 Å². The van der Waals surface area contributed by atoms with Gasteiger partial charge in [-0.05, 0) is 95.0 Å². The Morgan fingerprint density at radius 1 is 0.298 bits per heavy atom. The third kappa shape index (κ3) is 3.90. The minimum atomic E-state index is 0.921. The Labute approximate surface area is 272 Å². The van der Waals surface area contributed by atoms with Crippen molar-refractivity contribution in [3.8, 4) is 44.5 Å². The second kappa shape index (κ2) is 10.2. The van der Waals surface area contributed by atoms with Gasteiger partial charge >= 0.3 is 0 Å². The normalized spacial score (nSPS) is 11.8. The molecule has 0 aliphatic carbocycles. The molecule has 47 heavy (non-hydrogen) atoms. The van der Waals surface area contributed by atoms with Gasteiger partial charge < -0.3 is 4.42 Å². The van der Waals surface area contributed by atoms with Gasteiger partial charge in [0.1, 0.15) is 11.2 Å². The van der Waals surface area contributed by atoms with Gasteiger partial charge in [-0.3, -0.25) is 0 Å². The van der Waals surface area contributed by atoms with Crippen molar-refractivity contribution in [3.63, 3.8) is 0 Å². The molecule has 0 aliphatic heterocycles. The van der Waals surface area contributed by atoms with Gasteiger partial charge in [0.2, 0.25) is 0 Å². The fraction of sp³-hybridized carbons (Fsp3) is 0. The Balaban J connectivity index is 1.40. The SMILES string of the molecule is c1ccc(-c2cccc(-c3cc4oc5cccc6ccc(c3-c3c7ccccc7c(-c7ccccc7)c7ccccc37)c4c65)c2)cc1. The summed E-state index contributed by atoms with van der Waals surface area (Å²) in [5.41, 5.74) is 11.6. The summed E-state index contributed by atoms with van der Waals surface area (Å²) in [6.45, 7) is 0. The Hall–Kier alpha value is -6.18. The van der Waals surface area contributed by atoms with E-state index in [4.69, 9.17) is 4.42 Å². The van der Waals surface area contributed by atoms with Crippen molar-refractivity contribution in [3.05, 3.63) is 170 Å². The van der Waals surface area contributed by atoms with Gasteiger partial charge in [-0.25, -0.2) is 0 Å².